The summed E-state index contributed by atoms with van der Waals surface area (Å²) in [4.78, 5) is 0. The number of nitriles is 1. The van der Waals surface area contributed by atoms with Crippen LogP contribution in [-0.4, -0.2) is 18.3 Å². The Morgan fingerprint density at radius 3 is 1.22 bits per heavy atom. The first-order valence-electron chi connectivity index (χ1n) is 25.6. The van der Waals surface area contributed by atoms with Crippen molar-refractivity contribution in [1.82, 2.24) is 18.3 Å². The minimum atomic E-state index is -4.61. The molecule has 8 heteroatoms. The Morgan fingerprint density at radius 1 is 0.351 bits per heavy atom. The molecule has 0 atom stereocenters. The SMILES string of the molecule is Cc1cccc(C(F)(F)F)c1-c1ccc(-n2c3ccccc3c3cc(-n4c5ccccc5c5ccccc54)ccc32)c(-c2ccc(C#N)cc2-n2c3ccccc3c3cc(-n4c5ccccc5c5ccccc54)ccc32)c1. The Morgan fingerprint density at radius 2 is 0.766 bits per heavy atom. The number of nitrogens with zero attached hydrogens (tertiary/aromatic N) is 5. The summed E-state index contributed by atoms with van der Waals surface area (Å²) in [6.45, 7) is 1.73. The van der Waals surface area contributed by atoms with E-state index in [0.29, 0.717) is 27.9 Å². The molecule has 0 spiro atoms. The van der Waals surface area contributed by atoms with Crippen LogP contribution in [0.2, 0.25) is 0 Å². The maximum atomic E-state index is 15.2. The van der Waals surface area contributed by atoms with E-state index in [-0.39, 0.29) is 5.56 Å². The fourth-order valence-electron chi connectivity index (χ4n) is 12.5. The van der Waals surface area contributed by atoms with Crippen molar-refractivity contribution in [3.8, 4) is 51.1 Å². The number of para-hydroxylation sites is 6. The lowest BCUT2D eigenvalue weighted by molar-refractivity contribution is -0.137. The summed E-state index contributed by atoms with van der Waals surface area (Å²) in [6, 6.07) is 81.8. The second-order valence-corrected chi connectivity index (χ2v) is 19.9. The van der Waals surface area contributed by atoms with Gasteiger partial charge in [-0.15, -0.1) is 0 Å². The molecule has 0 aliphatic heterocycles. The Bertz CT molecular complexity index is 4910. The van der Waals surface area contributed by atoms with Gasteiger partial charge in [0.1, 0.15) is 0 Å². The van der Waals surface area contributed by atoms with Crippen LogP contribution >= 0.6 is 0 Å². The van der Waals surface area contributed by atoms with E-state index < -0.39 is 11.7 Å². The van der Waals surface area contributed by atoms with Crippen molar-refractivity contribution in [2.24, 2.45) is 0 Å². The first kappa shape index (κ1) is 44.4. The van der Waals surface area contributed by atoms with Gasteiger partial charge in [-0.2, -0.15) is 18.4 Å². The van der Waals surface area contributed by atoms with Gasteiger partial charge in [0, 0.05) is 65.6 Å². The molecule has 0 saturated carbocycles. The number of rotatable bonds is 6. The van der Waals surface area contributed by atoms with E-state index in [1.807, 2.05) is 60.7 Å². The lowest BCUT2D eigenvalue weighted by Crippen LogP contribution is -2.08. The lowest BCUT2D eigenvalue weighted by atomic mass is 9.90. The summed E-state index contributed by atoms with van der Waals surface area (Å²) < 4.78 is 54.6. The van der Waals surface area contributed by atoms with Crippen molar-refractivity contribution in [2.45, 2.75) is 13.1 Å². The van der Waals surface area contributed by atoms with Crippen molar-refractivity contribution >= 4 is 87.2 Å². The molecule has 0 bridgehead atoms. The Balaban J connectivity index is 1.01. The first-order chi connectivity index (χ1) is 37.7. The number of aromatic nitrogens is 4. The van der Waals surface area contributed by atoms with E-state index in [4.69, 9.17) is 0 Å². The van der Waals surface area contributed by atoms with Crippen LogP contribution in [0, 0.1) is 18.3 Å². The molecular formula is C69H42F3N5. The van der Waals surface area contributed by atoms with Crippen LogP contribution in [-0.2, 0) is 6.18 Å². The summed E-state index contributed by atoms with van der Waals surface area (Å²) >= 11 is 0. The normalized spacial score (nSPS) is 12.1. The van der Waals surface area contributed by atoms with E-state index in [2.05, 4.69) is 182 Å². The van der Waals surface area contributed by atoms with Gasteiger partial charge in [-0.05, 0) is 127 Å². The van der Waals surface area contributed by atoms with Gasteiger partial charge in [0.05, 0.1) is 72.7 Å². The molecule has 0 radical (unpaired) electrons. The lowest BCUT2D eigenvalue weighted by Gasteiger charge is -2.21. The van der Waals surface area contributed by atoms with Crippen LogP contribution in [0.4, 0.5) is 13.2 Å². The predicted molar refractivity (Wildman–Crippen MR) is 309 cm³/mol. The fourth-order valence-corrected chi connectivity index (χ4v) is 12.5. The fraction of sp³-hybridized carbons (Fsp3) is 0.0290. The molecular weight excluding hydrogens is 956 g/mol. The van der Waals surface area contributed by atoms with Gasteiger partial charge in [-0.25, -0.2) is 0 Å². The summed E-state index contributed by atoms with van der Waals surface area (Å²) in [5.41, 5.74) is 13.8. The van der Waals surface area contributed by atoms with Gasteiger partial charge in [-0.1, -0.05) is 133 Å². The van der Waals surface area contributed by atoms with Gasteiger partial charge < -0.3 is 18.3 Å². The monoisotopic (exact) mass is 997 g/mol. The number of halogens is 3. The zero-order valence-corrected chi connectivity index (χ0v) is 41.4. The number of fused-ring (bicyclic) bond motifs is 12. The molecule has 0 aliphatic rings. The molecule has 15 aromatic rings. The van der Waals surface area contributed by atoms with Gasteiger partial charge in [-0.3, -0.25) is 0 Å². The maximum Gasteiger partial charge on any atom is 0.417 e. The van der Waals surface area contributed by atoms with Gasteiger partial charge in [0.15, 0.2) is 0 Å². The summed E-state index contributed by atoms with van der Waals surface area (Å²) in [5, 5.41) is 19.4. The maximum absolute atomic E-state index is 15.2. The van der Waals surface area contributed by atoms with E-state index in [1.165, 1.54) is 27.6 Å². The van der Waals surface area contributed by atoms with Crippen LogP contribution in [0.25, 0.3) is 132 Å². The van der Waals surface area contributed by atoms with Gasteiger partial charge >= 0.3 is 6.18 Å². The number of alkyl halides is 3. The quantitative estimate of drug-likeness (QED) is 0.164. The van der Waals surface area contributed by atoms with Crippen LogP contribution in [0.3, 0.4) is 0 Å². The highest BCUT2D eigenvalue weighted by molar-refractivity contribution is 6.15. The third kappa shape index (κ3) is 6.60. The molecule has 4 aromatic heterocycles. The van der Waals surface area contributed by atoms with Crippen molar-refractivity contribution in [2.75, 3.05) is 0 Å². The number of hydrogen-bond acceptors (Lipinski definition) is 1. The first-order valence-corrected chi connectivity index (χ1v) is 25.6. The zero-order valence-electron chi connectivity index (χ0n) is 41.4. The molecule has 77 heavy (non-hydrogen) atoms. The van der Waals surface area contributed by atoms with E-state index >= 15 is 13.2 Å². The smallest absolute Gasteiger partial charge is 0.309 e. The van der Waals surface area contributed by atoms with E-state index in [9.17, 15) is 5.26 Å². The Hall–Kier alpha value is -10.1. The highest BCUT2D eigenvalue weighted by atomic mass is 19.4. The molecule has 5 nitrogen and oxygen atoms in total. The van der Waals surface area contributed by atoms with Crippen molar-refractivity contribution in [1.29, 1.82) is 5.26 Å². The average Bonchev–Trinajstić information content (AvgIpc) is 4.34. The second-order valence-electron chi connectivity index (χ2n) is 19.9. The molecule has 0 saturated heterocycles. The molecule has 0 aliphatic carbocycles. The van der Waals surface area contributed by atoms with E-state index in [1.54, 1.807) is 13.0 Å². The minimum Gasteiger partial charge on any atom is -0.309 e. The molecule has 15 rings (SSSR count). The van der Waals surface area contributed by atoms with Crippen molar-refractivity contribution < 1.29 is 13.2 Å². The summed E-state index contributed by atoms with van der Waals surface area (Å²) in [6.07, 6.45) is -4.61. The minimum absolute atomic E-state index is 0.121. The highest BCUT2D eigenvalue weighted by Crippen LogP contribution is 2.46. The number of hydrogen-bond donors (Lipinski definition) is 0. The third-order valence-electron chi connectivity index (χ3n) is 15.8. The van der Waals surface area contributed by atoms with Crippen molar-refractivity contribution in [3.63, 3.8) is 0 Å². The molecule has 364 valence electrons. The second kappa shape index (κ2) is 16.7. The van der Waals surface area contributed by atoms with Crippen LogP contribution in [0.15, 0.2) is 237 Å². The molecule has 0 unspecified atom stereocenters. The van der Waals surface area contributed by atoms with Crippen LogP contribution in [0.1, 0.15) is 16.7 Å². The van der Waals surface area contributed by atoms with Crippen LogP contribution < -0.4 is 0 Å². The van der Waals surface area contributed by atoms with Crippen molar-refractivity contribution in [3.05, 3.63) is 253 Å². The van der Waals surface area contributed by atoms with Gasteiger partial charge in [0.2, 0.25) is 0 Å². The standard InChI is InChI=1S/C69H42F3N5/c1-42-15-14-22-57(69(70,71)72)68(42)44-30-34-64(76-62-27-12-6-20-51(62)55-39-45(31-35-65(55)76)74-58-23-8-2-16-47(58)48-17-3-9-24-59(48)74)54(38-44)53-33-29-43(41-73)37-67(53)77-63-28-13-7-21-52(63)56-40-46(32-36-66(56)77)75-60-25-10-4-18-49(60)50-19-5-11-26-61(50)75/h2-40H,1H3. The molecule has 0 fully saturated rings. The van der Waals surface area contributed by atoms with Crippen LogP contribution in [0.5, 0.6) is 0 Å². The topological polar surface area (TPSA) is 43.5 Å². The van der Waals surface area contributed by atoms with Gasteiger partial charge in [0.25, 0.3) is 0 Å². The highest BCUT2D eigenvalue weighted by Gasteiger charge is 2.35. The predicted octanol–water partition coefficient (Wildman–Crippen LogP) is 18.6. The number of benzene rings is 11. The molecule has 0 amide bonds. The number of aryl methyl sites for hydroxylation is 1. The Kier molecular flexibility index (Phi) is 9.63. The average molecular weight is 998 g/mol. The summed E-state index contributed by atoms with van der Waals surface area (Å²) in [7, 11) is 0. The molecule has 11 aromatic carbocycles. The van der Waals surface area contributed by atoms with E-state index in [0.717, 1.165) is 94.4 Å². The largest absolute Gasteiger partial charge is 0.417 e. The summed E-state index contributed by atoms with van der Waals surface area (Å²) in [5.74, 6) is 0. The molecule has 0 N–H and O–H groups in total. The third-order valence-corrected chi connectivity index (χ3v) is 15.8. The Labute approximate surface area is 439 Å². The molecule has 4 heterocycles. The zero-order chi connectivity index (χ0) is 51.7.